The second-order valence-corrected chi connectivity index (χ2v) is 9.43. The lowest BCUT2D eigenvalue weighted by atomic mass is 10.2. The highest BCUT2D eigenvalue weighted by molar-refractivity contribution is 7.93. The average molecular weight is 458 g/mol. The van der Waals surface area contributed by atoms with Crippen molar-refractivity contribution in [3.8, 4) is 0 Å². The van der Waals surface area contributed by atoms with Crippen LogP contribution in [0.2, 0.25) is 10.0 Å². The standard InChI is InChI=1S/C16H9Cl2N3O5S2/c17-10-5-9(6-11(18)7-10)15(22)20-16-19-8-14(27-16)28(25,26)13-3-1-12(2-4-13)21(23)24/h1-8H,(H,19,20,22). The molecule has 0 unspecified atom stereocenters. The number of halogens is 2. The first-order chi connectivity index (χ1) is 13.2. The summed E-state index contributed by atoms with van der Waals surface area (Å²) in [5.41, 5.74) is -0.0381. The van der Waals surface area contributed by atoms with Gasteiger partial charge in [0.2, 0.25) is 9.84 Å². The number of amides is 1. The maximum atomic E-state index is 12.6. The van der Waals surface area contributed by atoms with Gasteiger partial charge in [0.05, 0.1) is 16.0 Å². The molecule has 1 N–H and O–H groups in total. The largest absolute Gasteiger partial charge is 0.298 e. The maximum Gasteiger partial charge on any atom is 0.269 e. The predicted molar refractivity (Wildman–Crippen MR) is 105 cm³/mol. The van der Waals surface area contributed by atoms with Crippen molar-refractivity contribution in [2.75, 3.05) is 5.32 Å². The van der Waals surface area contributed by atoms with E-state index in [9.17, 15) is 23.3 Å². The number of non-ortho nitro benzene ring substituents is 1. The van der Waals surface area contributed by atoms with Gasteiger partial charge in [0.15, 0.2) is 5.13 Å². The minimum atomic E-state index is -3.93. The lowest BCUT2D eigenvalue weighted by Crippen LogP contribution is -2.11. The average Bonchev–Trinajstić information content (AvgIpc) is 3.10. The summed E-state index contributed by atoms with van der Waals surface area (Å²) in [6.45, 7) is 0. The maximum absolute atomic E-state index is 12.6. The Hall–Kier alpha value is -2.53. The van der Waals surface area contributed by atoms with Crippen molar-refractivity contribution < 1.29 is 18.1 Å². The van der Waals surface area contributed by atoms with Gasteiger partial charge in [0.25, 0.3) is 11.6 Å². The van der Waals surface area contributed by atoms with E-state index in [1.807, 2.05) is 0 Å². The lowest BCUT2D eigenvalue weighted by Gasteiger charge is -2.03. The smallest absolute Gasteiger partial charge is 0.269 e. The number of anilines is 1. The molecule has 12 heteroatoms. The number of nitro groups is 1. The normalized spacial score (nSPS) is 11.2. The second-order valence-electron chi connectivity index (χ2n) is 5.35. The predicted octanol–water partition coefficient (Wildman–Crippen LogP) is 4.44. The molecule has 0 atom stereocenters. The first-order valence-corrected chi connectivity index (χ1v) is 10.5. The van der Waals surface area contributed by atoms with Gasteiger partial charge in [-0.2, -0.15) is 0 Å². The molecule has 1 amide bonds. The van der Waals surface area contributed by atoms with E-state index < -0.39 is 20.7 Å². The Bertz CT molecular complexity index is 1160. The van der Waals surface area contributed by atoms with E-state index in [0.717, 1.165) is 41.8 Å². The summed E-state index contributed by atoms with van der Waals surface area (Å²) in [5.74, 6) is -0.557. The highest BCUT2D eigenvalue weighted by Gasteiger charge is 2.22. The number of nitrogens with zero attached hydrogens (tertiary/aromatic N) is 2. The van der Waals surface area contributed by atoms with E-state index in [0.29, 0.717) is 0 Å². The number of nitro benzene ring substituents is 1. The highest BCUT2D eigenvalue weighted by Crippen LogP contribution is 2.30. The molecule has 1 heterocycles. The molecular weight excluding hydrogens is 449 g/mol. The Labute approximate surface area is 172 Å². The van der Waals surface area contributed by atoms with Crippen molar-refractivity contribution in [3.63, 3.8) is 0 Å². The number of carbonyl (C=O) groups is 1. The molecule has 1 aromatic heterocycles. The fourth-order valence-electron chi connectivity index (χ4n) is 2.16. The van der Waals surface area contributed by atoms with Crippen molar-refractivity contribution in [1.82, 2.24) is 4.98 Å². The number of nitrogens with one attached hydrogen (secondary N) is 1. The zero-order valence-electron chi connectivity index (χ0n) is 13.6. The van der Waals surface area contributed by atoms with Crippen LogP contribution in [0.15, 0.2) is 57.8 Å². The Morgan fingerprint density at radius 2 is 1.71 bits per heavy atom. The van der Waals surface area contributed by atoms with Gasteiger partial charge in [-0.05, 0) is 30.3 Å². The molecule has 2 aromatic carbocycles. The molecule has 144 valence electrons. The zero-order chi connectivity index (χ0) is 20.5. The van der Waals surface area contributed by atoms with Gasteiger partial charge in [-0.25, -0.2) is 13.4 Å². The Morgan fingerprint density at radius 1 is 1.11 bits per heavy atom. The van der Waals surface area contributed by atoms with E-state index in [1.165, 1.54) is 18.2 Å². The molecule has 28 heavy (non-hydrogen) atoms. The van der Waals surface area contributed by atoms with Gasteiger partial charge < -0.3 is 0 Å². The third kappa shape index (κ3) is 4.30. The van der Waals surface area contributed by atoms with E-state index in [2.05, 4.69) is 10.3 Å². The van der Waals surface area contributed by atoms with Crippen LogP contribution >= 0.6 is 34.5 Å². The highest BCUT2D eigenvalue weighted by atomic mass is 35.5. The topological polar surface area (TPSA) is 119 Å². The van der Waals surface area contributed by atoms with Crippen molar-refractivity contribution in [1.29, 1.82) is 0 Å². The lowest BCUT2D eigenvalue weighted by molar-refractivity contribution is -0.384. The van der Waals surface area contributed by atoms with Crippen LogP contribution in [-0.4, -0.2) is 24.2 Å². The summed E-state index contributed by atoms with van der Waals surface area (Å²) in [6.07, 6.45) is 1.10. The van der Waals surface area contributed by atoms with Crippen molar-refractivity contribution in [3.05, 3.63) is 74.4 Å². The summed E-state index contributed by atoms with van der Waals surface area (Å²) >= 11 is 12.5. The zero-order valence-corrected chi connectivity index (χ0v) is 16.8. The van der Waals surface area contributed by atoms with E-state index in [4.69, 9.17) is 23.2 Å². The minimum Gasteiger partial charge on any atom is -0.298 e. The third-order valence-corrected chi connectivity index (χ3v) is 7.03. The summed E-state index contributed by atoms with van der Waals surface area (Å²) in [4.78, 5) is 26.1. The van der Waals surface area contributed by atoms with Gasteiger partial charge in [-0.1, -0.05) is 34.5 Å². The van der Waals surface area contributed by atoms with Crippen LogP contribution in [-0.2, 0) is 9.84 Å². The SMILES string of the molecule is O=C(Nc1ncc(S(=O)(=O)c2ccc([N+](=O)[O-])cc2)s1)c1cc(Cl)cc(Cl)c1. The van der Waals surface area contributed by atoms with E-state index in [1.54, 1.807) is 0 Å². The summed E-state index contributed by atoms with van der Waals surface area (Å²) in [7, 11) is -3.93. The van der Waals surface area contributed by atoms with Gasteiger partial charge in [0.1, 0.15) is 4.21 Å². The van der Waals surface area contributed by atoms with Gasteiger partial charge in [0, 0.05) is 27.7 Å². The fourth-order valence-corrected chi connectivity index (χ4v) is 5.11. The summed E-state index contributed by atoms with van der Waals surface area (Å²) in [6, 6.07) is 8.76. The van der Waals surface area contributed by atoms with Crippen LogP contribution in [0.5, 0.6) is 0 Å². The quantitative estimate of drug-likeness (QED) is 0.446. The van der Waals surface area contributed by atoms with Crippen LogP contribution in [0.1, 0.15) is 10.4 Å². The van der Waals surface area contributed by atoms with E-state index in [-0.39, 0.29) is 35.5 Å². The number of rotatable bonds is 5. The minimum absolute atomic E-state index is 0.0570. The monoisotopic (exact) mass is 457 g/mol. The molecule has 0 aliphatic carbocycles. The van der Waals surface area contributed by atoms with Crippen molar-refractivity contribution in [2.45, 2.75) is 9.10 Å². The molecule has 0 bridgehead atoms. The van der Waals surface area contributed by atoms with Crippen molar-refractivity contribution in [2.24, 2.45) is 0 Å². The number of aromatic nitrogens is 1. The number of benzene rings is 2. The van der Waals surface area contributed by atoms with E-state index >= 15 is 0 Å². The molecule has 0 saturated carbocycles. The molecule has 0 fully saturated rings. The molecule has 0 radical (unpaired) electrons. The van der Waals surface area contributed by atoms with Crippen LogP contribution in [0.4, 0.5) is 10.8 Å². The van der Waals surface area contributed by atoms with Crippen LogP contribution in [0.3, 0.4) is 0 Å². The number of thiazole rings is 1. The summed E-state index contributed by atoms with van der Waals surface area (Å²) in [5, 5.41) is 13.8. The molecule has 3 aromatic rings. The molecule has 3 rings (SSSR count). The third-order valence-electron chi connectivity index (χ3n) is 3.45. The number of sulfone groups is 1. The molecular formula is C16H9Cl2N3O5S2. The van der Waals surface area contributed by atoms with Crippen LogP contribution in [0, 0.1) is 10.1 Å². The molecule has 0 aliphatic rings. The molecule has 8 nitrogen and oxygen atoms in total. The first-order valence-electron chi connectivity index (χ1n) is 7.39. The first kappa shape index (κ1) is 20.2. The van der Waals surface area contributed by atoms with Crippen LogP contribution < -0.4 is 5.32 Å². The Kier molecular flexibility index (Phi) is 5.66. The Morgan fingerprint density at radius 3 is 2.29 bits per heavy atom. The number of carbonyl (C=O) groups excluding carboxylic acids is 1. The van der Waals surface area contributed by atoms with Crippen LogP contribution in [0.25, 0.3) is 0 Å². The summed E-state index contributed by atoms with van der Waals surface area (Å²) < 4.78 is 25.1. The fraction of sp³-hybridized carbons (Fsp3) is 0. The molecule has 0 saturated heterocycles. The molecule has 0 spiro atoms. The second kappa shape index (κ2) is 7.84. The molecule has 0 aliphatic heterocycles. The van der Waals surface area contributed by atoms with Gasteiger partial charge >= 0.3 is 0 Å². The Balaban J connectivity index is 1.82. The van der Waals surface area contributed by atoms with Gasteiger partial charge in [-0.15, -0.1) is 0 Å². The number of hydrogen-bond acceptors (Lipinski definition) is 7. The number of hydrogen-bond donors (Lipinski definition) is 1. The van der Waals surface area contributed by atoms with Gasteiger partial charge in [-0.3, -0.25) is 20.2 Å². The van der Waals surface area contributed by atoms with Crippen molar-refractivity contribution >= 4 is 61.1 Å².